The number of hydrogen-bond acceptors (Lipinski definition) is 2. The molecule has 0 radical (unpaired) electrons. The highest BCUT2D eigenvalue weighted by molar-refractivity contribution is 9.10. The van der Waals surface area contributed by atoms with Crippen molar-refractivity contribution in [2.75, 3.05) is 5.32 Å². The van der Waals surface area contributed by atoms with Crippen molar-refractivity contribution in [1.29, 1.82) is 0 Å². The van der Waals surface area contributed by atoms with E-state index in [2.05, 4.69) is 27.3 Å². The van der Waals surface area contributed by atoms with Crippen LogP contribution in [0.1, 0.15) is 29.2 Å². The molecule has 1 amide bonds. The Hall–Kier alpha value is -1.36. The molecule has 1 unspecified atom stereocenters. The Morgan fingerprint density at radius 3 is 2.81 bits per heavy atom. The number of fused-ring (bicyclic) bond motifs is 1. The second kappa shape index (κ2) is 5.79. The van der Waals surface area contributed by atoms with E-state index in [4.69, 9.17) is 17.3 Å². The topological polar surface area (TPSA) is 55.1 Å². The van der Waals surface area contributed by atoms with Crippen molar-refractivity contribution in [2.45, 2.75) is 18.9 Å². The summed E-state index contributed by atoms with van der Waals surface area (Å²) in [6.07, 6.45) is 1.27. The molecule has 108 valence electrons. The summed E-state index contributed by atoms with van der Waals surface area (Å²) in [7, 11) is 0. The van der Waals surface area contributed by atoms with Crippen LogP contribution in [0.25, 0.3) is 0 Å². The van der Waals surface area contributed by atoms with Crippen molar-refractivity contribution in [3.05, 3.63) is 62.6 Å². The van der Waals surface area contributed by atoms with E-state index in [-0.39, 0.29) is 11.9 Å². The number of nitrogens with one attached hydrogen (secondary N) is 1. The highest BCUT2D eigenvalue weighted by Crippen LogP contribution is 2.32. The van der Waals surface area contributed by atoms with Crippen molar-refractivity contribution in [1.82, 2.24) is 0 Å². The number of carbonyl (C=O) groups excluding carboxylic acids is 1. The maximum Gasteiger partial charge on any atom is 0.224 e. The van der Waals surface area contributed by atoms with Crippen LogP contribution in [0.3, 0.4) is 0 Å². The van der Waals surface area contributed by atoms with Crippen LogP contribution < -0.4 is 11.1 Å². The molecule has 0 aromatic heterocycles. The summed E-state index contributed by atoms with van der Waals surface area (Å²) in [5, 5.41) is 3.54. The first kappa shape index (κ1) is 14.6. The molecule has 0 saturated carbocycles. The zero-order valence-corrected chi connectivity index (χ0v) is 13.5. The number of halogens is 2. The Morgan fingerprint density at radius 2 is 2.00 bits per heavy atom. The monoisotopic (exact) mass is 364 g/mol. The molecule has 0 bridgehead atoms. The van der Waals surface area contributed by atoms with Crippen molar-refractivity contribution in [3.63, 3.8) is 0 Å². The van der Waals surface area contributed by atoms with E-state index in [1.807, 2.05) is 30.3 Å². The number of benzene rings is 2. The molecule has 3 rings (SSSR count). The van der Waals surface area contributed by atoms with Crippen LogP contribution in [-0.4, -0.2) is 5.91 Å². The Balaban J connectivity index is 1.97. The van der Waals surface area contributed by atoms with Gasteiger partial charge in [0, 0.05) is 21.6 Å². The van der Waals surface area contributed by atoms with Gasteiger partial charge in [0.05, 0.1) is 6.04 Å². The number of aryl methyl sites for hydroxylation is 1. The average molecular weight is 366 g/mol. The number of rotatable bonds is 2. The highest BCUT2D eigenvalue weighted by atomic mass is 79.9. The number of anilines is 1. The molecule has 0 aliphatic carbocycles. The van der Waals surface area contributed by atoms with Crippen molar-refractivity contribution >= 4 is 39.1 Å². The van der Waals surface area contributed by atoms with Gasteiger partial charge in [-0.15, -0.1) is 0 Å². The van der Waals surface area contributed by atoms with Gasteiger partial charge in [-0.25, -0.2) is 0 Å². The molecule has 21 heavy (non-hydrogen) atoms. The smallest absolute Gasteiger partial charge is 0.224 e. The number of hydrogen-bond donors (Lipinski definition) is 2. The highest BCUT2D eigenvalue weighted by Gasteiger charge is 2.18. The molecule has 3 N–H and O–H groups in total. The van der Waals surface area contributed by atoms with E-state index in [9.17, 15) is 4.79 Å². The van der Waals surface area contributed by atoms with Crippen LogP contribution in [-0.2, 0) is 11.2 Å². The van der Waals surface area contributed by atoms with E-state index in [1.165, 1.54) is 0 Å². The minimum absolute atomic E-state index is 0.0668. The van der Waals surface area contributed by atoms with Gasteiger partial charge in [0.2, 0.25) is 5.91 Å². The summed E-state index contributed by atoms with van der Waals surface area (Å²) in [4.78, 5) is 11.4. The van der Waals surface area contributed by atoms with Crippen molar-refractivity contribution in [2.24, 2.45) is 5.73 Å². The molecule has 0 saturated heterocycles. The third-order valence-electron chi connectivity index (χ3n) is 3.68. The largest absolute Gasteiger partial charge is 0.326 e. The third kappa shape index (κ3) is 2.98. The van der Waals surface area contributed by atoms with Gasteiger partial charge in [0.1, 0.15) is 0 Å². The summed E-state index contributed by atoms with van der Waals surface area (Å²) in [5.74, 6) is 0.0668. The Kier molecular flexibility index (Phi) is 4.02. The van der Waals surface area contributed by atoms with Gasteiger partial charge >= 0.3 is 0 Å². The molecule has 1 heterocycles. The summed E-state index contributed by atoms with van der Waals surface area (Å²) < 4.78 is 0.936. The molecular formula is C16H14BrClN2O. The van der Waals surface area contributed by atoms with E-state index in [1.54, 1.807) is 0 Å². The first-order valence-corrected chi connectivity index (χ1v) is 7.85. The SMILES string of the molecule is NC(c1ccc2c(c1)CCC(=O)N2)c1cc(Cl)ccc1Br. The fraction of sp³-hybridized carbons (Fsp3) is 0.188. The average Bonchev–Trinajstić information content (AvgIpc) is 2.48. The normalized spacial score (nSPS) is 15.3. The van der Waals surface area contributed by atoms with Crippen LogP contribution in [0, 0.1) is 0 Å². The van der Waals surface area contributed by atoms with E-state index in [0.29, 0.717) is 11.4 Å². The summed E-state index contributed by atoms with van der Waals surface area (Å²) in [6.45, 7) is 0. The molecule has 2 aromatic rings. The Bertz CT molecular complexity index is 717. The van der Waals surface area contributed by atoms with Gasteiger partial charge in [-0.2, -0.15) is 0 Å². The van der Waals surface area contributed by atoms with E-state index >= 15 is 0 Å². The zero-order valence-electron chi connectivity index (χ0n) is 11.2. The predicted octanol–water partition coefficient (Wildman–Crippen LogP) is 4.04. The third-order valence-corrected chi connectivity index (χ3v) is 4.63. The first-order chi connectivity index (χ1) is 10.0. The van der Waals surface area contributed by atoms with Gasteiger partial charge < -0.3 is 11.1 Å². The molecule has 5 heteroatoms. The maximum absolute atomic E-state index is 11.4. The second-order valence-corrected chi connectivity index (χ2v) is 6.40. The lowest BCUT2D eigenvalue weighted by Crippen LogP contribution is -2.20. The molecule has 0 spiro atoms. The molecule has 3 nitrogen and oxygen atoms in total. The molecule has 2 aromatic carbocycles. The fourth-order valence-electron chi connectivity index (χ4n) is 2.53. The maximum atomic E-state index is 11.4. The van der Waals surface area contributed by atoms with Crippen molar-refractivity contribution < 1.29 is 4.79 Å². The Labute approximate surface area is 136 Å². The van der Waals surface area contributed by atoms with Crippen molar-refractivity contribution in [3.8, 4) is 0 Å². The van der Waals surface area contributed by atoms with Crippen LogP contribution in [0.4, 0.5) is 5.69 Å². The molecular weight excluding hydrogens is 352 g/mol. The fourth-order valence-corrected chi connectivity index (χ4v) is 3.20. The van der Waals surface area contributed by atoms with Crippen LogP contribution in [0.5, 0.6) is 0 Å². The number of carbonyl (C=O) groups is 1. The van der Waals surface area contributed by atoms with Gasteiger partial charge in [0.15, 0.2) is 0 Å². The van der Waals surface area contributed by atoms with E-state index < -0.39 is 0 Å². The van der Waals surface area contributed by atoms with Gasteiger partial charge in [-0.05, 0) is 47.4 Å². The molecule has 1 aliphatic rings. The predicted molar refractivity (Wildman–Crippen MR) is 88.6 cm³/mol. The van der Waals surface area contributed by atoms with Crippen LogP contribution >= 0.6 is 27.5 Å². The molecule has 0 fully saturated rings. The van der Waals surface area contributed by atoms with Gasteiger partial charge in [0.25, 0.3) is 0 Å². The number of nitrogens with two attached hydrogens (primary N) is 1. The number of amides is 1. The Morgan fingerprint density at radius 1 is 1.19 bits per heavy atom. The lowest BCUT2D eigenvalue weighted by Gasteiger charge is -2.20. The van der Waals surface area contributed by atoms with Crippen LogP contribution in [0.2, 0.25) is 5.02 Å². The lowest BCUT2D eigenvalue weighted by atomic mass is 9.94. The molecule has 1 aliphatic heterocycles. The van der Waals surface area contributed by atoms with Crippen LogP contribution in [0.15, 0.2) is 40.9 Å². The van der Waals surface area contributed by atoms with Gasteiger partial charge in [-0.1, -0.05) is 39.7 Å². The minimum Gasteiger partial charge on any atom is -0.326 e. The summed E-state index contributed by atoms with van der Waals surface area (Å²) in [6, 6.07) is 11.3. The second-order valence-electron chi connectivity index (χ2n) is 5.11. The summed E-state index contributed by atoms with van der Waals surface area (Å²) >= 11 is 9.57. The zero-order chi connectivity index (χ0) is 15.0. The minimum atomic E-state index is -0.263. The first-order valence-electron chi connectivity index (χ1n) is 6.68. The standard InChI is InChI=1S/C16H14BrClN2O/c17-13-4-3-11(18)8-12(13)16(19)10-1-5-14-9(7-10)2-6-15(21)20-14/h1,3-5,7-8,16H,2,6,19H2,(H,20,21). The quantitative estimate of drug-likeness (QED) is 0.844. The van der Waals surface area contributed by atoms with Gasteiger partial charge in [-0.3, -0.25) is 4.79 Å². The lowest BCUT2D eigenvalue weighted by molar-refractivity contribution is -0.116. The van der Waals surface area contributed by atoms with E-state index in [0.717, 1.165) is 33.3 Å². The molecule has 1 atom stereocenters. The summed E-state index contributed by atoms with van der Waals surface area (Å²) in [5.41, 5.74) is 10.3.